The molecular weight excluding hydrogens is 366 g/mol. The fraction of sp³-hybridized carbons (Fsp3) is 0.348. The number of amides is 1. The van der Waals surface area contributed by atoms with E-state index in [9.17, 15) is 9.59 Å². The molecule has 1 aliphatic carbocycles. The number of para-hydroxylation sites is 2. The van der Waals surface area contributed by atoms with Crippen molar-refractivity contribution in [3.63, 3.8) is 0 Å². The lowest BCUT2D eigenvalue weighted by Gasteiger charge is -2.23. The van der Waals surface area contributed by atoms with E-state index in [1.54, 1.807) is 18.2 Å². The summed E-state index contributed by atoms with van der Waals surface area (Å²) in [7, 11) is 0. The molecule has 0 spiro atoms. The number of nitrogens with one attached hydrogen (secondary N) is 1. The van der Waals surface area contributed by atoms with E-state index in [-0.39, 0.29) is 30.7 Å². The highest BCUT2D eigenvalue weighted by Gasteiger charge is 2.18. The first-order valence-electron chi connectivity index (χ1n) is 10.2. The Morgan fingerprint density at radius 3 is 2.55 bits per heavy atom. The smallest absolute Gasteiger partial charge is 0.261 e. The van der Waals surface area contributed by atoms with Gasteiger partial charge >= 0.3 is 0 Å². The summed E-state index contributed by atoms with van der Waals surface area (Å²) < 4.78 is 7.25. The van der Waals surface area contributed by atoms with Gasteiger partial charge in [0, 0.05) is 6.04 Å². The minimum atomic E-state index is -0.221. The average Bonchev–Trinajstić information content (AvgIpc) is 2.76. The van der Waals surface area contributed by atoms with E-state index in [4.69, 9.17) is 4.74 Å². The molecule has 6 heteroatoms. The fourth-order valence-corrected chi connectivity index (χ4v) is 3.82. The summed E-state index contributed by atoms with van der Waals surface area (Å²) in [6.45, 7) is 0.0570. The lowest BCUT2D eigenvalue weighted by molar-refractivity contribution is -0.122. The average molecular weight is 391 g/mol. The van der Waals surface area contributed by atoms with E-state index < -0.39 is 0 Å². The number of aromatic nitrogens is 2. The van der Waals surface area contributed by atoms with E-state index in [0.717, 1.165) is 25.7 Å². The van der Waals surface area contributed by atoms with Gasteiger partial charge in [-0.3, -0.25) is 14.2 Å². The molecule has 1 amide bonds. The summed E-state index contributed by atoms with van der Waals surface area (Å²) in [5, 5.41) is 3.58. The Morgan fingerprint density at radius 1 is 1.03 bits per heavy atom. The van der Waals surface area contributed by atoms with Gasteiger partial charge in [-0.15, -0.1) is 0 Å². The molecule has 1 fully saturated rings. The third-order valence-electron chi connectivity index (χ3n) is 5.32. The Bertz CT molecular complexity index is 1040. The van der Waals surface area contributed by atoms with E-state index in [0.29, 0.717) is 22.5 Å². The molecule has 1 N–H and O–H groups in total. The zero-order chi connectivity index (χ0) is 20.1. The lowest BCUT2D eigenvalue weighted by Crippen LogP contribution is -2.40. The Labute approximate surface area is 169 Å². The fourth-order valence-electron chi connectivity index (χ4n) is 3.82. The molecule has 0 saturated heterocycles. The summed E-state index contributed by atoms with van der Waals surface area (Å²) in [6.07, 6.45) is 5.50. The minimum Gasteiger partial charge on any atom is -0.486 e. The van der Waals surface area contributed by atoms with Crippen molar-refractivity contribution in [2.75, 3.05) is 0 Å². The maximum absolute atomic E-state index is 13.1. The van der Waals surface area contributed by atoms with Crippen molar-refractivity contribution in [2.45, 2.75) is 51.3 Å². The summed E-state index contributed by atoms with van der Waals surface area (Å²) in [6, 6.07) is 16.8. The van der Waals surface area contributed by atoms with Crippen LogP contribution in [0.1, 0.15) is 37.9 Å². The Hall–Kier alpha value is -3.15. The van der Waals surface area contributed by atoms with Crippen molar-refractivity contribution in [2.24, 2.45) is 0 Å². The number of benzene rings is 2. The standard InChI is InChI=1S/C23H25N3O3/c27-22(24-17-9-3-1-4-10-17)15-26-21(16-29-18-11-5-2-6-12-18)25-20-14-8-7-13-19(20)23(26)28/h2,5-8,11-14,17H,1,3-4,9-10,15-16H2,(H,24,27). The molecular formula is C23H25N3O3. The van der Waals surface area contributed by atoms with Gasteiger partial charge in [-0.2, -0.15) is 0 Å². The molecule has 0 atom stereocenters. The van der Waals surface area contributed by atoms with Gasteiger partial charge in [-0.05, 0) is 37.1 Å². The molecule has 0 radical (unpaired) electrons. The van der Waals surface area contributed by atoms with Crippen LogP contribution in [0.15, 0.2) is 59.4 Å². The van der Waals surface area contributed by atoms with Crippen molar-refractivity contribution in [3.8, 4) is 5.75 Å². The molecule has 0 bridgehead atoms. The predicted octanol–water partition coefficient (Wildman–Crippen LogP) is 3.42. The second kappa shape index (κ2) is 8.90. The molecule has 3 aromatic rings. The molecule has 2 aromatic carbocycles. The molecule has 1 heterocycles. The summed E-state index contributed by atoms with van der Waals surface area (Å²) >= 11 is 0. The van der Waals surface area contributed by atoms with E-state index >= 15 is 0 Å². The van der Waals surface area contributed by atoms with Gasteiger partial charge < -0.3 is 10.1 Å². The van der Waals surface area contributed by atoms with Crippen LogP contribution in [-0.4, -0.2) is 21.5 Å². The van der Waals surface area contributed by atoms with Gasteiger partial charge in [0.2, 0.25) is 5.91 Å². The highest BCUT2D eigenvalue weighted by atomic mass is 16.5. The second-order valence-corrected chi connectivity index (χ2v) is 7.44. The predicted molar refractivity (Wildman–Crippen MR) is 112 cm³/mol. The molecule has 150 valence electrons. The van der Waals surface area contributed by atoms with Gasteiger partial charge in [-0.1, -0.05) is 49.6 Å². The molecule has 29 heavy (non-hydrogen) atoms. The third-order valence-corrected chi connectivity index (χ3v) is 5.32. The van der Waals surface area contributed by atoms with Crippen LogP contribution in [0.5, 0.6) is 5.75 Å². The van der Waals surface area contributed by atoms with Gasteiger partial charge in [0.1, 0.15) is 18.9 Å². The normalized spacial score (nSPS) is 14.6. The van der Waals surface area contributed by atoms with Crippen LogP contribution in [-0.2, 0) is 17.9 Å². The molecule has 1 saturated carbocycles. The number of rotatable bonds is 6. The number of fused-ring (bicyclic) bond motifs is 1. The maximum atomic E-state index is 13.1. The molecule has 0 aliphatic heterocycles. The summed E-state index contributed by atoms with van der Waals surface area (Å²) in [5.74, 6) is 0.974. The van der Waals surface area contributed by atoms with Gasteiger partial charge in [0.15, 0.2) is 5.82 Å². The number of hydrogen-bond acceptors (Lipinski definition) is 4. The third kappa shape index (κ3) is 4.65. The van der Waals surface area contributed by atoms with E-state index in [2.05, 4.69) is 10.3 Å². The van der Waals surface area contributed by atoms with Crippen LogP contribution in [0.25, 0.3) is 10.9 Å². The minimum absolute atomic E-state index is 0.0549. The van der Waals surface area contributed by atoms with E-state index in [1.165, 1.54) is 11.0 Å². The van der Waals surface area contributed by atoms with E-state index in [1.807, 2.05) is 36.4 Å². The van der Waals surface area contributed by atoms with Crippen LogP contribution in [0.3, 0.4) is 0 Å². The highest BCUT2D eigenvalue weighted by molar-refractivity contribution is 5.79. The molecule has 1 aliphatic rings. The Balaban J connectivity index is 1.60. The van der Waals surface area contributed by atoms with Gasteiger partial charge in [0.05, 0.1) is 10.9 Å². The maximum Gasteiger partial charge on any atom is 0.261 e. The molecule has 4 rings (SSSR count). The Kier molecular flexibility index (Phi) is 5.89. The largest absolute Gasteiger partial charge is 0.486 e. The first-order valence-corrected chi connectivity index (χ1v) is 10.2. The number of carbonyl (C=O) groups excluding carboxylic acids is 1. The van der Waals surface area contributed by atoms with Crippen molar-refractivity contribution in [1.82, 2.24) is 14.9 Å². The SMILES string of the molecule is O=C(Cn1c(COc2ccccc2)nc2ccccc2c1=O)NC1CCCCC1. The monoisotopic (exact) mass is 391 g/mol. The topological polar surface area (TPSA) is 73.2 Å². The zero-order valence-electron chi connectivity index (χ0n) is 16.3. The highest BCUT2D eigenvalue weighted by Crippen LogP contribution is 2.17. The van der Waals surface area contributed by atoms with Crippen molar-refractivity contribution in [3.05, 3.63) is 70.8 Å². The quantitative estimate of drug-likeness (QED) is 0.699. The number of ether oxygens (including phenoxy) is 1. The van der Waals surface area contributed by atoms with Crippen molar-refractivity contribution >= 4 is 16.8 Å². The first kappa shape index (κ1) is 19.2. The van der Waals surface area contributed by atoms with Crippen molar-refractivity contribution in [1.29, 1.82) is 0 Å². The second-order valence-electron chi connectivity index (χ2n) is 7.44. The lowest BCUT2D eigenvalue weighted by atomic mass is 9.95. The zero-order valence-corrected chi connectivity index (χ0v) is 16.3. The molecule has 0 unspecified atom stereocenters. The van der Waals surface area contributed by atoms with Crippen LogP contribution >= 0.6 is 0 Å². The number of carbonyl (C=O) groups is 1. The van der Waals surface area contributed by atoms with Crippen LogP contribution < -0.4 is 15.6 Å². The van der Waals surface area contributed by atoms with Gasteiger partial charge in [-0.25, -0.2) is 4.98 Å². The summed E-state index contributed by atoms with van der Waals surface area (Å²) in [4.78, 5) is 30.3. The summed E-state index contributed by atoms with van der Waals surface area (Å²) in [5.41, 5.74) is 0.383. The number of hydrogen-bond donors (Lipinski definition) is 1. The van der Waals surface area contributed by atoms with Crippen LogP contribution in [0.4, 0.5) is 0 Å². The Morgan fingerprint density at radius 2 is 1.76 bits per heavy atom. The van der Waals surface area contributed by atoms with Crippen LogP contribution in [0.2, 0.25) is 0 Å². The van der Waals surface area contributed by atoms with Crippen molar-refractivity contribution < 1.29 is 9.53 Å². The van der Waals surface area contributed by atoms with Gasteiger partial charge in [0.25, 0.3) is 5.56 Å². The van der Waals surface area contributed by atoms with Crippen LogP contribution in [0, 0.1) is 0 Å². The molecule has 1 aromatic heterocycles. The molecule has 6 nitrogen and oxygen atoms in total. The first-order chi connectivity index (χ1) is 14.2. The number of nitrogens with zero attached hydrogens (tertiary/aromatic N) is 2.